The Bertz CT molecular complexity index is 879. The lowest BCUT2D eigenvalue weighted by atomic mass is 9.97. The molecule has 0 aromatic carbocycles. The number of fused-ring (bicyclic) bond motifs is 3. The molecule has 0 fully saturated rings. The Morgan fingerprint density at radius 3 is 3.00 bits per heavy atom. The molecule has 0 aliphatic heterocycles. The molecular weight excluding hydrogens is 340 g/mol. The molecule has 1 aliphatic rings. The number of nitrogens with zero attached hydrogens (tertiary/aromatic N) is 3. The van der Waals surface area contributed by atoms with Gasteiger partial charge < -0.3 is 5.32 Å². The highest BCUT2D eigenvalue weighted by molar-refractivity contribution is 8.00. The minimum Gasteiger partial charge on any atom is -0.310 e. The molecule has 1 aliphatic carbocycles. The Balaban J connectivity index is 1.52. The van der Waals surface area contributed by atoms with Crippen LogP contribution in [0.4, 0.5) is 5.82 Å². The molecule has 5 nitrogen and oxygen atoms in total. The molecule has 0 saturated carbocycles. The summed E-state index contributed by atoms with van der Waals surface area (Å²) in [5, 5.41) is 4.88. The SMILES string of the molecule is O=C(CSc1ncnc2sc3c(c12)CCCC3)Nc1ccccn1. The first-order chi connectivity index (χ1) is 11.8. The first-order valence-electron chi connectivity index (χ1n) is 7.90. The van der Waals surface area contributed by atoms with Gasteiger partial charge in [-0.15, -0.1) is 11.3 Å². The number of thioether (sulfide) groups is 1. The van der Waals surface area contributed by atoms with Gasteiger partial charge in [-0.25, -0.2) is 15.0 Å². The smallest absolute Gasteiger partial charge is 0.235 e. The Labute approximate surface area is 147 Å². The zero-order chi connectivity index (χ0) is 16.4. The molecule has 0 spiro atoms. The predicted octanol–water partition coefficient (Wildman–Crippen LogP) is 3.70. The maximum absolute atomic E-state index is 12.1. The van der Waals surface area contributed by atoms with Gasteiger partial charge in [-0.3, -0.25) is 4.79 Å². The maximum Gasteiger partial charge on any atom is 0.235 e. The zero-order valence-corrected chi connectivity index (χ0v) is 14.6. The van der Waals surface area contributed by atoms with E-state index < -0.39 is 0 Å². The van der Waals surface area contributed by atoms with Gasteiger partial charge in [0.2, 0.25) is 5.91 Å². The van der Waals surface area contributed by atoms with Crippen LogP contribution >= 0.6 is 23.1 Å². The van der Waals surface area contributed by atoms with Crippen molar-refractivity contribution < 1.29 is 4.79 Å². The van der Waals surface area contributed by atoms with Crippen molar-refractivity contribution in [1.29, 1.82) is 0 Å². The highest BCUT2D eigenvalue weighted by atomic mass is 32.2. The second kappa shape index (κ2) is 6.86. The van der Waals surface area contributed by atoms with Crippen molar-refractivity contribution in [2.24, 2.45) is 0 Å². The summed E-state index contributed by atoms with van der Waals surface area (Å²) < 4.78 is 0. The molecule has 0 radical (unpaired) electrons. The summed E-state index contributed by atoms with van der Waals surface area (Å²) in [5.41, 5.74) is 1.40. The van der Waals surface area contributed by atoms with Crippen LogP contribution in [0.1, 0.15) is 23.3 Å². The number of nitrogens with one attached hydrogen (secondary N) is 1. The van der Waals surface area contributed by atoms with Gasteiger partial charge in [0.1, 0.15) is 22.0 Å². The van der Waals surface area contributed by atoms with E-state index in [0.29, 0.717) is 11.6 Å². The number of thiophene rings is 1. The van der Waals surface area contributed by atoms with E-state index in [2.05, 4.69) is 20.3 Å². The van der Waals surface area contributed by atoms with Crippen LogP contribution in [0.25, 0.3) is 10.2 Å². The average molecular weight is 356 g/mol. The number of amides is 1. The van der Waals surface area contributed by atoms with Crippen LogP contribution < -0.4 is 5.32 Å². The second-order valence-corrected chi connectivity index (χ2v) is 7.67. The quantitative estimate of drug-likeness (QED) is 0.570. The lowest BCUT2D eigenvalue weighted by Gasteiger charge is -2.11. The van der Waals surface area contributed by atoms with Gasteiger partial charge in [0, 0.05) is 16.5 Å². The number of anilines is 1. The van der Waals surface area contributed by atoms with Crippen molar-refractivity contribution in [3.05, 3.63) is 41.2 Å². The molecule has 0 saturated heterocycles. The van der Waals surface area contributed by atoms with Crippen LogP contribution in [0, 0.1) is 0 Å². The highest BCUT2D eigenvalue weighted by Crippen LogP contribution is 2.39. The molecule has 3 aromatic rings. The summed E-state index contributed by atoms with van der Waals surface area (Å²) >= 11 is 3.25. The number of aryl methyl sites for hydroxylation is 2. The number of hydrogen-bond donors (Lipinski definition) is 1. The minimum atomic E-state index is -0.0745. The molecule has 24 heavy (non-hydrogen) atoms. The van der Waals surface area contributed by atoms with E-state index in [0.717, 1.165) is 28.1 Å². The van der Waals surface area contributed by atoms with Crippen LogP contribution in [0.2, 0.25) is 0 Å². The molecule has 1 N–H and O–H groups in total. The molecular formula is C17H16N4OS2. The molecule has 0 atom stereocenters. The van der Waals surface area contributed by atoms with E-state index in [9.17, 15) is 4.79 Å². The normalized spacial score (nSPS) is 13.7. The van der Waals surface area contributed by atoms with Gasteiger partial charge in [0.15, 0.2) is 0 Å². The van der Waals surface area contributed by atoms with Crippen molar-refractivity contribution in [1.82, 2.24) is 15.0 Å². The summed E-state index contributed by atoms with van der Waals surface area (Å²) in [4.78, 5) is 27.6. The summed E-state index contributed by atoms with van der Waals surface area (Å²) in [6.07, 6.45) is 7.97. The van der Waals surface area contributed by atoms with Crippen molar-refractivity contribution >= 4 is 45.0 Å². The molecule has 0 bridgehead atoms. The average Bonchev–Trinajstić information content (AvgIpc) is 3.00. The summed E-state index contributed by atoms with van der Waals surface area (Å²) in [5.74, 6) is 0.811. The minimum absolute atomic E-state index is 0.0745. The topological polar surface area (TPSA) is 67.8 Å². The first kappa shape index (κ1) is 15.5. The van der Waals surface area contributed by atoms with Gasteiger partial charge >= 0.3 is 0 Å². The van der Waals surface area contributed by atoms with Crippen LogP contribution in [0.3, 0.4) is 0 Å². The molecule has 0 unspecified atom stereocenters. The standard InChI is InChI=1S/C17H16N4OS2/c22-14(21-13-7-3-4-8-18-13)9-23-16-15-11-5-1-2-6-12(11)24-17(15)20-10-19-16/h3-4,7-8,10H,1-2,5-6,9H2,(H,18,21,22). The zero-order valence-electron chi connectivity index (χ0n) is 13.0. The number of aromatic nitrogens is 3. The number of rotatable bonds is 4. The summed E-state index contributed by atoms with van der Waals surface area (Å²) in [7, 11) is 0. The fourth-order valence-corrected chi connectivity index (χ4v) is 5.04. The van der Waals surface area contributed by atoms with E-state index in [1.54, 1.807) is 29.9 Å². The Morgan fingerprint density at radius 2 is 2.12 bits per heavy atom. The molecule has 4 rings (SSSR count). The first-order valence-corrected chi connectivity index (χ1v) is 9.70. The summed E-state index contributed by atoms with van der Waals surface area (Å²) in [6.45, 7) is 0. The van der Waals surface area contributed by atoms with Gasteiger partial charge in [0.25, 0.3) is 0 Å². The van der Waals surface area contributed by atoms with Crippen LogP contribution in [-0.2, 0) is 17.6 Å². The third-order valence-electron chi connectivity index (χ3n) is 3.99. The molecule has 7 heteroatoms. The van der Waals surface area contributed by atoms with Gasteiger partial charge in [-0.05, 0) is 43.4 Å². The van der Waals surface area contributed by atoms with Crippen LogP contribution in [0.15, 0.2) is 35.7 Å². The number of carbonyl (C=O) groups excluding carboxylic acids is 1. The Hall–Kier alpha value is -1.99. The Kier molecular flexibility index (Phi) is 4.44. The maximum atomic E-state index is 12.1. The van der Waals surface area contributed by atoms with Gasteiger partial charge in [0.05, 0.1) is 5.75 Å². The van der Waals surface area contributed by atoms with E-state index in [4.69, 9.17) is 0 Å². The van der Waals surface area contributed by atoms with E-state index in [1.807, 2.05) is 12.1 Å². The predicted molar refractivity (Wildman–Crippen MR) is 97.6 cm³/mol. The summed E-state index contributed by atoms with van der Waals surface area (Å²) in [6, 6.07) is 5.45. The lowest BCUT2D eigenvalue weighted by molar-refractivity contribution is -0.113. The van der Waals surface area contributed by atoms with Gasteiger partial charge in [-0.2, -0.15) is 0 Å². The van der Waals surface area contributed by atoms with Crippen LogP contribution in [0.5, 0.6) is 0 Å². The molecule has 1 amide bonds. The number of pyridine rings is 1. The molecule has 3 heterocycles. The monoisotopic (exact) mass is 356 g/mol. The van der Waals surface area contributed by atoms with Crippen molar-refractivity contribution in [2.45, 2.75) is 30.7 Å². The molecule has 3 aromatic heterocycles. The largest absolute Gasteiger partial charge is 0.310 e. The van der Waals surface area contributed by atoms with Gasteiger partial charge in [-0.1, -0.05) is 17.8 Å². The number of carbonyl (C=O) groups is 1. The fourth-order valence-electron chi connectivity index (χ4n) is 2.92. The van der Waals surface area contributed by atoms with Crippen molar-refractivity contribution in [3.63, 3.8) is 0 Å². The van der Waals surface area contributed by atoms with Crippen molar-refractivity contribution in [2.75, 3.05) is 11.1 Å². The van der Waals surface area contributed by atoms with E-state index in [1.165, 1.54) is 35.0 Å². The fraction of sp³-hybridized carbons (Fsp3) is 0.294. The van der Waals surface area contributed by atoms with E-state index in [-0.39, 0.29) is 5.91 Å². The van der Waals surface area contributed by atoms with Crippen molar-refractivity contribution in [3.8, 4) is 0 Å². The third-order valence-corrected chi connectivity index (χ3v) is 6.18. The van der Waals surface area contributed by atoms with Crippen LogP contribution in [-0.4, -0.2) is 26.6 Å². The lowest BCUT2D eigenvalue weighted by Crippen LogP contribution is -2.15. The third kappa shape index (κ3) is 3.14. The Morgan fingerprint density at radius 1 is 1.21 bits per heavy atom. The molecule has 122 valence electrons. The van der Waals surface area contributed by atoms with E-state index >= 15 is 0 Å². The number of hydrogen-bond acceptors (Lipinski definition) is 6. The highest BCUT2D eigenvalue weighted by Gasteiger charge is 2.20. The second-order valence-electron chi connectivity index (χ2n) is 5.62.